The zero-order chi connectivity index (χ0) is 8.32. The van der Waals surface area contributed by atoms with Crippen LogP contribution >= 0.6 is 0 Å². The van der Waals surface area contributed by atoms with Gasteiger partial charge in [0.2, 0.25) is 0 Å². The lowest BCUT2D eigenvalue weighted by Crippen LogP contribution is -2.39. The molecule has 1 aliphatic heterocycles. The third-order valence-corrected chi connectivity index (χ3v) is 1.83. The maximum atomic E-state index is 5.62. The predicted octanol–water partition coefficient (Wildman–Crippen LogP) is 1.92. The fourth-order valence-electron chi connectivity index (χ4n) is 1.13. The molecule has 1 atom stereocenters. The highest BCUT2D eigenvalue weighted by atomic mass is 16.5. The summed E-state index contributed by atoms with van der Waals surface area (Å²) in [4.78, 5) is 0. The number of hydrogen-bond acceptors (Lipinski definition) is 2. The normalized spacial score (nSPS) is 28.1. The molecule has 1 radical (unpaired) electrons. The van der Waals surface area contributed by atoms with Crippen LogP contribution in [0.2, 0.25) is 0 Å². The van der Waals surface area contributed by atoms with Gasteiger partial charge in [-0.25, -0.2) is 0 Å². The summed E-state index contributed by atoms with van der Waals surface area (Å²) in [5.74, 6) is 0. The van der Waals surface area contributed by atoms with Gasteiger partial charge in [0, 0.05) is 18.6 Å². The molecule has 1 heterocycles. The highest BCUT2D eigenvalue weighted by Gasteiger charge is 2.25. The molecule has 2 heteroatoms. The number of hydrogen-bond donors (Lipinski definition) is 1. The molecule has 1 unspecified atom stereocenters. The molecule has 0 aliphatic carbocycles. The molecule has 0 amide bonds. The Bertz CT molecular complexity index is 109. The summed E-state index contributed by atoms with van der Waals surface area (Å²) < 4.78 is 5.62. The van der Waals surface area contributed by atoms with Crippen LogP contribution in [0.15, 0.2) is 0 Å². The second-order valence-electron chi connectivity index (χ2n) is 4.13. The Morgan fingerprint density at radius 3 is 2.82 bits per heavy atom. The van der Waals surface area contributed by atoms with Crippen LogP contribution in [0.3, 0.4) is 0 Å². The summed E-state index contributed by atoms with van der Waals surface area (Å²) in [6.45, 7) is 9.55. The molecule has 2 nitrogen and oxygen atoms in total. The smallest absolute Gasteiger partial charge is 0.113 e. The summed E-state index contributed by atoms with van der Waals surface area (Å²) in [5, 5.41) is 3.27. The van der Waals surface area contributed by atoms with E-state index in [2.05, 4.69) is 32.6 Å². The average molecular weight is 156 g/mol. The summed E-state index contributed by atoms with van der Waals surface area (Å²) in [6, 6.07) is 0. The predicted molar refractivity (Wildman–Crippen MR) is 45.9 cm³/mol. The van der Waals surface area contributed by atoms with Crippen molar-refractivity contribution in [3.05, 3.63) is 6.54 Å². The van der Waals surface area contributed by atoms with Crippen LogP contribution in [0.5, 0.6) is 0 Å². The minimum Gasteiger partial charge on any atom is -0.363 e. The van der Waals surface area contributed by atoms with Crippen LogP contribution in [-0.2, 0) is 4.74 Å². The van der Waals surface area contributed by atoms with Gasteiger partial charge in [-0.05, 0) is 12.8 Å². The first kappa shape index (κ1) is 9.01. The van der Waals surface area contributed by atoms with Crippen LogP contribution in [0.4, 0.5) is 0 Å². The second-order valence-corrected chi connectivity index (χ2v) is 4.13. The molecular weight excluding hydrogens is 138 g/mol. The molecule has 0 saturated carbocycles. The van der Waals surface area contributed by atoms with E-state index in [-0.39, 0.29) is 11.6 Å². The summed E-state index contributed by atoms with van der Waals surface area (Å²) in [5.41, 5.74) is 0.195. The van der Waals surface area contributed by atoms with E-state index in [1.807, 2.05) is 0 Å². The van der Waals surface area contributed by atoms with Gasteiger partial charge in [-0.15, -0.1) is 0 Å². The fraction of sp³-hybridized carbons (Fsp3) is 0.889. The zero-order valence-electron chi connectivity index (χ0n) is 7.68. The Hall–Kier alpha value is -0.0800. The molecule has 0 aromatic heterocycles. The first-order valence-corrected chi connectivity index (χ1v) is 4.30. The van der Waals surface area contributed by atoms with Gasteiger partial charge in [-0.2, -0.15) is 0 Å². The molecule has 0 spiro atoms. The molecule has 1 aliphatic rings. The third kappa shape index (κ3) is 2.80. The van der Waals surface area contributed by atoms with Gasteiger partial charge in [0.05, 0.1) is 0 Å². The van der Waals surface area contributed by atoms with Crippen molar-refractivity contribution in [2.45, 2.75) is 39.8 Å². The molecule has 0 aromatic rings. The summed E-state index contributed by atoms with van der Waals surface area (Å²) in [6.07, 6.45) is 2.44. The van der Waals surface area contributed by atoms with Gasteiger partial charge >= 0.3 is 0 Å². The van der Waals surface area contributed by atoms with Gasteiger partial charge in [-0.1, -0.05) is 20.8 Å². The molecule has 11 heavy (non-hydrogen) atoms. The maximum Gasteiger partial charge on any atom is 0.113 e. The van der Waals surface area contributed by atoms with Crippen molar-refractivity contribution in [1.82, 2.24) is 5.32 Å². The SMILES string of the molecule is CC(C)(C)C1N[CH]CCCO1. The zero-order valence-corrected chi connectivity index (χ0v) is 7.68. The minimum absolute atomic E-state index is 0.185. The highest BCUT2D eigenvalue weighted by Crippen LogP contribution is 2.22. The topological polar surface area (TPSA) is 21.3 Å². The van der Waals surface area contributed by atoms with Crippen molar-refractivity contribution in [2.75, 3.05) is 6.61 Å². The van der Waals surface area contributed by atoms with E-state index in [4.69, 9.17) is 4.74 Å². The van der Waals surface area contributed by atoms with E-state index < -0.39 is 0 Å². The number of rotatable bonds is 0. The Balaban J connectivity index is 2.43. The average Bonchev–Trinajstić information content (AvgIpc) is 2.10. The van der Waals surface area contributed by atoms with Gasteiger partial charge in [0.15, 0.2) is 0 Å². The second kappa shape index (κ2) is 3.55. The van der Waals surface area contributed by atoms with E-state index in [1.54, 1.807) is 0 Å². The molecule has 0 aromatic carbocycles. The van der Waals surface area contributed by atoms with E-state index in [1.165, 1.54) is 0 Å². The highest BCUT2D eigenvalue weighted by molar-refractivity contribution is 4.78. The third-order valence-electron chi connectivity index (χ3n) is 1.83. The molecule has 1 fully saturated rings. The monoisotopic (exact) mass is 156 g/mol. The number of ether oxygens (including phenoxy) is 1. The van der Waals surface area contributed by atoms with Crippen molar-refractivity contribution in [3.8, 4) is 0 Å². The fourth-order valence-corrected chi connectivity index (χ4v) is 1.13. The molecule has 0 bridgehead atoms. The van der Waals surface area contributed by atoms with E-state index >= 15 is 0 Å². The first-order chi connectivity index (χ1) is 5.11. The molecule has 65 valence electrons. The lowest BCUT2D eigenvalue weighted by molar-refractivity contribution is -0.0265. The Kier molecular flexibility index (Phi) is 2.90. The molecule has 1 rings (SSSR count). The van der Waals surface area contributed by atoms with Crippen molar-refractivity contribution in [1.29, 1.82) is 0 Å². The minimum atomic E-state index is 0.185. The Morgan fingerprint density at radius 1 is 1.45 bits per heavy atom. The lowest BCUT2D eigenvalue weighted by Gasteiger charge is -2.29. The van der Waals surface area contributed by atoms with Gasteiger partial charge < -0.3 is 4.74 Å². The van der Waals surface area contributed by atoms with E-state index in [9.17, 15) is 0 Å². The summed E-state index contributed by atoms with van der Waals surface area (Å²) in [7, 11) is 0. The lowest BCUT2D eigenvalue weighted by atomic mass is 9.94. The Morgan fingerprint density at radius 2 is 2.18 bits per heavy atom. The molecular formula is C9H18NO. The van der Waals surface area contributed by atoms with E-state index in [0.717, 1.165) is 19.4 Å². The van der Waals surface area contributed by atoms with Crippen molar-refractivity contribution in [3.63, 3.8) is 0 Å². The standard InChI is InChI=1S/C9H18NO/c1-9(2,3)8-10-6-4-5-7-11-8/h6,8,10H,4-5,7H2,1-3H3. The van der Waals surface area contributed by atoms with Crippen molar-refractivity contribution >= 4 is 0 Å². The molecule has 1 N–H and O–H groups in total. The van der Waals surface area contributed by atoms with Crippen molar-refractivity contribution < 1.29 is 4.74 Å². The van der Waals surface area contributed by atoms with Crippen LogP contribution in [-0.4, -0.2) is 12.8 Å². The van der Waals surface area contributed by atoms with Gasteiger partial charge in [0.25, 0.3) is 0 Å². The largest absolute Gasteiger partial charge is 0.363 e. The van der Waals surface area contributed by atoms with Crippen molar-refractivity contribution in [2.24, 2.45) is 5.41 Å². The van der Waals surface area contributed by atoms with Crippen LogP contribution < -0.4 is 5.32 Å². The molecule has 1 saturated heterocycles. The first-order valence-electron chi connectivity index (χ1n) is 4.30. The Labute approximate surface area is 69.3 Å². The van der Waals surface area contributed by atoms with E-state index in [0.29, 0.717) is 0 Å². The number of nitrogens with one attached hydrogen (secondary N) is 1. The van der Waals surface area contributed by atoms with Crippen LogP contribution in [0, 0.1) is 12.0 Å². The van der Waals surface area contributed by atoms with Gasteiger partial charge in [0.1, 0.15) is 6.23 Å². The van der Waals surface area contributed by atoms with Crippen LogP contribution in [0.25, 0.3) is 0 Å². The quantitative estimate of drug-likeness (QED) is 0.578. The van der Waals surface area contributed by atoms with Crippen LogP contribution in [0.1, 0.15) is 33.6 Å². The maximum absolute atomic E-state index is 5.62. The van der Waals surface area contributed by atoms with Gasteiger partial charge in [-0.3, -0.25) is 5.32 Å². The summed E-state index contributed by atoms with van der Waals surface area (Å²) >= 11 is 0.